The molecule has 0 unspecified atom stereocenters. The van der Waals surface area contributed by atoms with E-state index in [1.807, 2.05) is 0 Å². The first kappa shape index (κ1) is 14.4. The highest BCUT2D eigenvalue weighted by molar-refractivity contribution is 7.18. The summed E-state index contributed by atoms with van der Waals surface area (Å²) in [5.74, 6) is 0.798. The molecule has 0 saturated heterocycles. The van der Waals surface area contributed by atoms with Crippen molar-refractivity contribution in [3.8, 4) is 0 Å². The minimum Gasteiger partial charge on any atom is -0.309 e. The zero-order chi connectivity index (χ0) is 16.1. The van der Waals surface area contributed by atoms with E-state index < -0.39 is 0 Å². The molecule has 1 aromatic carbocycles. The maximum Gasteiger partial charge on any atom is 0.259 e. The van der Waals surface area contributed by atoms with Crippen molar-refractivity contribution in [3.05, 3.63) is 62.0 Å². The van der Waals surface area contributed by atoms with Crippen LogP contribution in [0.4, 0.5) is 0 Å². The van der Waals surface area contributed by atoms with Crippen LogP contribution in [0.25, 0.3) is 10.2 Å². The third-order valence-electron chi connectivity index (χ3n) is 5.21. The first-order valence-corrected chi connectivity index (χ1v) is 9.42. The SMILES string of the molecule is O=c1[nH]c(CN2CCc3ccccc3C2)nc2sc3c(c12)CCC3. The normalized spacial score (nSPS) is 17.2. The Bertz CT molecular complexity index is 988. The number of nitrogens with zero attached hydrogens (tertiary/aromatic N) is 2. The van der Waals surface area contributed by atoms with E-state index in [1.165, 1.54) is 28.0 Å². The smallest absolute Gasteiger partial charge is 0.259 e. The van der Waals surface area contributed by atoms with Gasteiger partial charge in [0.1, 0.15) is 10.7 Å². The third-order valence-corrected chi connectivity index (χ3v) is 6.39. The van der Waals surface area contributed by atoms with Gasteiger partial charge in [0.25, 0.3) is 5.56 Å². The standard InChI is InChI=1S/C19H19N3OS/c23-18-17-14-6-3-7-15(14)24-19(17)21-16(20-18)11-22-9-8-12-4-1-2-5-13(12)10-22/h1-2,4-5H,3,6-11H2,(H,20,21,23). The topological polar surface area (TPSA) is 49.0 Å². The zero-order valence-corrected chi connectivity index (χ0v) is 14.3. The van der Waals surface area contributed by atoms with Gasteiger partial charge in [-0.3, -0.25) is 9.69 Å². The van der Waals surface area contributed by atoms with Crippen molar-refractivity contribution in [2.24, 2.45) is 0 Å². The quantitative estimate of drug-likeness (QED) is 0.782. The summed E-state index contributed by atoms with van der Waals surface area (Å²) in [6, 6.07) is 8.62. The van der Waals surface area contributed by atoms with E-state index in [1.54, 1.807) is 11.3 Å². The summed E-state index contributed by atoms with van der Waals surface area (Å²) < 4.78 is 0. The number of hydrogen-bond donors (Lipinski definition) is 1. The summed E-state index contributed by atoms with van der Waals surface area (Å²) in [5, 5.41) is 0.847. The summed E-state index contributed by atoms with van der Waals surface area (Å²) in [5.41, 5.74) is 4.14. The van der Waals surface area contributed by atoms with E-state index in [9.17, 15) is 4.79 Å². The predicted octanol–water partition coefficient (Wildman–Crippen LogP) is 3.03. The molecule has 5 rings (SSSR count). The maximum absolute atomic E-state index is 12.6. The maximum atomic E-state index is 12.6. The van der Waals surface area contributed by atoms with Crippen LogP contribution in [-0.4, -0.2) is 21.4 Å². The molecular formula is C19H19N3OS. The van der Waals surface area contributed by atoms with Crippen LogP contribution in [0.15, 0.2) is 29.1 Å². The second-order valence-corrected chi connectivity index (χ2v) is 7.86. The average molecular weight is 337 g/mol. The van der Waals surface area contributed by atoms with E-state index in [0.717, 1.165) is 48.4 Å². The number of H-pyrrole nitrogens is 1. The third kappa shape index (κ3) is 2.31. The van der Waals surface area contributed by atoms with Gasteiger partial charge in [-0.05, 0) is 42.4 Å². The Hall–Kier alpha value is -1.98. The van der Waals surface area contributed by atoms with Crippen LogP contribution in [0.2, 0.25) is 0 Å². The Kier molecular flexibility index (Phi) is 3.31. The number of aryl methyl sites for hydroxylation is 2. The first-order valence-electron chi connectivity index (χ1n) is 8.60. The Morgan fingerprint density at radius 1 is 1.17 bits per heavy atom. The fourth-order valence-electron chi connectivity index (χ4n) is 4.02. The van der Waals surface area contributed by atoms with Crippen LogP contribution in [0.1, 0.15) is 33.8 Å². The highest BCUT2D eigenvalue weighted by Gasteiger charge is 2.22. The number of fused-ring (bicyclic) bond motifs is 4. The monoisotopic (exact) mass is 337 g/mol. The number of benzene rings is 1. The molecule has 0 fully saturated rings. The van der Waals surface area contributed by atoms with E-state index in [-0.39, 0.29) is 5.56 Å². The molecule has 0 bridgehead atoms. The Labute approximate surface area is 144 Å². The van der Waals surface area contributed by atoms with Crippen LogP contribution < -0.4 is 5.56 Å². The van der Waals surface area contributed by atoms with Gasteiger partial charge in [0.05, 0.1) is 11.9 Å². The number of aromatic amines is 1. The Morgan fingerprint density at radius 2 is 2.04 bits per heavy atom. The highest BCUT2D eigenvalue weighted by Crippen LogP contribution is 2.34. The molecule has 2 aliphatic rings. The van der Waals surface area contributed by atoms with Crippen molar-refractivity contribution >= 4 is 21.6 Å². The molecule has 4 nitrogen and oxygen atoms in total. The van der Waals surface area contributed by atoms with E-state index in [0.29, 0.717) is 6.54 Å². The lowest BCUT2D eigenvalue weighted by Gasteiger charge is -2.28. The lowest BCUT2D eigenvalue weighted by Crippen LogP contribution is -2.31. The molecular weight excluding hydrogens is 318 g/mol. The van der Waals surface area contributed by atoms with Gasteiger partial charge in [0.15, 0.2) is 0 Å². The van der Waals surface area contributed by atoms with Crippen molar-refractivity contribution < 1.29 is 0 Å². The molecule has 24 heavy (non-hydrogen) atoms. The number of nitrogens with one attached hydrogen (secondary N) is 1. The molecule has 5 heteroatoms. The van der Waals surface area contributed by atoms with Gasteiger partial charge in [-0.2, -0.15) is 0 Å². The highest BCUT2D eigenvalue weighted by atomic mass is 32.1. The summed E-state index contributed by atoms with van der Waals surface area (Å²) >= 11 is 1.72. The lowest BCUT2D eigenvalue weighted by atomic mass is 10.00. The minimum atomic E-state index is 0.0480. The summed E-state index contributed by atoms with van der Waals surface area (Å²) in [4.78, 5) is 25.0. The van der Waals surface area contributed by atoms with Gasteiger partial charge in [-0.25, -0.2) is 4.98 Å². The fourth-order valence-corrected chi connectivity index (χ4v) is 5.30. The van der Waals surface area contributed by atoms with E-state index in [4.69, 9.17) is 4.98 Å². The van der Waals surface area contributed by atoms with Crippen LogP contribution >= 0.6 is 11.3 Å². The first-order chi connectivity index (χ1) is 11.8. The van der Waals surface area contributed by atoms with Crippen LogP contribution in [0.3, 0.4) is 0 Å². The molecule has 0 amide bonds. The van der Waals surface area contributed by atoms with E-state index in [2.05, 4.69) is 34.1 Å². The van der Waals surface area contributed by atoms with Crippen molar-refractivity contribution in [1.29, 1.82) is 0 Å². The number of thiophene rings is 1. The zero-order valence-electron chi connectivity index (χ0n) is 13.5. The van der Waals surface area contributed by atoms with Crippen LogP contribution in [0, 0.1) is 0 Å². The minimum absolute atomic E-state index is 0.0480. The fraction of sp³-hybridized carbons (Fsp3) is 0.368. The van der Waals surface area contributed by atoms with Crippen molar-refractivity contribution in [3.63, 3.8) is 0 Å². The molecule has 122 valence electrons. The number of aromatic nitrogens is 2. The van der Waals surface area contributed by atoms with Crippen molar-refractivity contribution in [1.82, 2.24) is 14.9 Å². The molecule has 0 saturated carbocycles. The van der Waals surface area contributed by atoms with E-state index >= 15 is 0 Å². The van der Waals surface area contributed by atoms with Gasteiger partial charge < -0.3 is 4.98 Å². The lowest BCUT2D eigenvalue weighted by molar-refractivity contribution is 0.239. The molecule has 0 radical (unpaired) electrons. The van der Waals surface area contributed by atoms with Crippen LogP contribution in [0.5, 0.6) is 0 Å². The van der Waals surface area contributed by atoms with Crippen LogP contribution in [-0.2, 0) is 32.4 Å². The number of hydrogen-bond acceptors (Lipinski definition) is 4. The molecule has 2 aromatic heterocycles. The van der Waals surface area contributed by atoms with Crippen molar-refractivity contribution in [2.45, 2.75) is 38.8 Å². The van der Waals surface area contributed by atoms with Gasteiger partial charge >= 0.3 is 0 Å². The molecule has 1 aliphatic carbocycles. The molecule has 1 N–H and O–H groups in total. The van der Waals surface area contributed by atoms with Gasteiger partial charge in [-0.15, -0.1) is 11.3 Å². The second kappa shape index (κ2) is 5.53. The predicted molar refractivity (Wildman–Crippen MR) is 96.5 cm³/mol. The average Bonchev–Trinajstić information content (AvgIpc) is 3.15. The molecule has 0 spiro atoms. The van der Waals surface area contributed by atoms with Gasteiger partial charge in [0.2, 0.25) is 0 Å². The van der Waals surface area contributed by atoms with Crippen molar-refractivity contribution in [2.75, 3.05) is 6.54 Å². The number of rotatable bonds is 2. The van der Waals surface area contributed by atoms with Gasteiger partial charge in [0, 0.05) is 18.0 Å². The molecule has 3 aromatic rings. The summed E-state index contributed by atoms with van der Waals surface area (Å²) in [7, 11) is 0. The largest absolute Gasteiger partial charge is 0.309 e. The Balaban J connectivity index is 1.45. The summed E-state index contributed by atoms with van der Waals surface area (Å²) in [6.07, 6.45) is 4.37. The summed E-state index contributed by atoms with van der Waals surface area (Å²) in [6.45, 7) is 2.65. The molecule has 0 atom stereocenters. The molecule has 1 aliphatic heterocycles. The Morgan fingerprint density at radius 3 is 2.96 bits per heavy atom. The molecule has 3 heterocycles. The van der Waals surface area contributed by atoms with Gasteiger partial charge in [-0.1, -0.05) is 24.3 Å². The second-order valence-electron chi connectivity index (χ2n) is 6.78.